The number of benzene rings is 2. The van der Waals surface area contributed by atoms with E-state index >= 15 is 0 Å². The number of likely N-dealkylation sites (tertiary alicyclic amines) is 1. The summed E-state index contributed by atoms with van der Waals surface area (Å²) in [6, 6.07) is 9.81. The Kier molecular flexibility index (Phi) is 5.15. The van der Waals surface area contributed by atoms with Crippen molar-refractivity contribution in [1.29, 1.82) is 0 Å². The standard InChI is InChI=1S/C23H25N3O5/c1-28-19-11-15-16(12-20(19)29-2)24-22(25-23(15)27)13-26-7-3-4-17(26)14-5-6-18-21(10-14)31-9-8-30-18/h5-6,10-12,17H,3-4,7-9,13H2,1-2H3,(H,24,25,27)/t17-/m0/s1. The van der Waals surface area contributed by atoms with E-state index in [2.05, 4.69) is 22.0 Å². The quantitative estimate of drug-likeness (QED) is 0.675. The Bertz CT molecular complexity index is 1180. The Morgan fingerprint density at radius 3 is 2.68 bits per heavy atom. The molecular formula is C23H25N3O5. The Labute approximate surface area is 179 Å². The molecule has 0 bridgehead atoms. The molecule has 0 radical (unpaired) electrons. The van der Waals surface area contributed by atoms with E-state index in [0.29, 0.717) is 48.0 Å². The molecule has 1 saturated heterocycles. The minimum absolute atomic E-state index is 0.184. The molecule has 3 heterocycles. The van der Waals surface area contributed by atoms with Crippen molar-refractivity contribution in [2.75, 3.05) is 34.0 Å². The predicted octanol–water partition coefficient (Wildman–Crippen LogP) is 3.05. The largest absolute Gasteiger partial charge is 0.493 e. The molecule has 0 saturated carbocycles. The summed E-state index contributed by atoms with van der Waals surface area (Å²) < 4.78 is 22.1. The van der Waals surface area contributed by atoms with Crippen molar-refractivity contribution in [2.24, 2.45) is 0 Å². The van der Waals surface area contributed by atoms with Crippen LogP contribution in [0.4, 0.5) is 0 Å². The van der Waals surface area contributed by atoms with Gasteiger partial charge >= 0.3 is 0 Å². The average molecular weight is 423 g/mol. The first-order valence-electron chi connectivity index (χ1n) is 10.4. The minimum atomic E-state index is -0.184. The second-order valence-electron chi connectivity index (χ2n) is 7.77. The van der Waals surface area contributed by atoms with Crippen molar-refractivity contribution in [1.82, 2.24) is 14.9 Å². The van der Waals surface area contributed by atoms with Crippen LogP contribution in [0, 0.1) is 0 Å². The number of rotatable bonds is 5. The fourth-order valence-corrected chi connectivity index (χ4v) is 4.44. The molecule has 2 aliphatic heterocycles. The number of aromatic nitrogens is 2. The molecule has 1 aromatic heterocycles. The van der Waals surface area contributed by atoms with Gasteiger partial charge in [0.25, 0.3) is 5.56 Å². The van der Waals surface area contributed by atoms with Crippen molar-refractivity contribution in [3.63, 3.8) is 0 Å². The van der Waals surface area contributed by atoms with Gasteiger partial charge in [0.1, 0.15) is 19.0 Å². The third-order valence-corrected chi connectivity index (χ3v) is 5.93. The molecule has 2 aromatic carbocycles. The number of H-pyrrole nitrogens is 1. The lowest BCUT2D eigenvalue weighted by atomic mass is 10.0. The highest BCUT2D eigenvalue weighted by Gasteiger charge is 2.28. The zero-order chi connectivity index (χ0) is 21.4. The molecule has 1 atom stereocenters. The molecule has 2 aliphatic rings. The van der Waals surface area contributed by atoms with Gasteiger partial charge in [-0.1, -0.05) is 6.07 Å². The molecule has 0 spiro atoms. The molecule has 1 N–H and O–H groups in total. The van der Waals surface area contributed by atoms with E-state index in [1.54, 1.807) is 26.4 Å². The van der Waals surface area contributed by atoms with E-state index in [1.807, 2.05) is 6.07 Å². The van der Waals surface area contributed by atoms with Crippen molar-refractivity contribution in [2.45, 2.75) is 25.4 Å². The number of aromatic amines is 1. The predicted molar refractivity (Wildman–Crippen MR) is 115 cm³/mol. The monoisotopic (exact) mass is 423 g/mol. The van der Waals surface area contributed by atoms with Crippen LogP contribution in [0.15, 0.2) is 35.1 Å². The van der Waals surface area contributed by atoms with Gasteiger partial charge < -0.3 is 23.9 Å². The second-order valence-corrected chi connectivity index (χ2v) is 7.77. The van der Waals surface area contributed by atoms with Crippen molar-refractivity contribution < 1.29 is 18.9 Å². The van der Waals surface area contributed by atoms with Crippen LogP contribution in [0.3, 0.4) is 0 Å². The van der Waals surface area contributed by atoms with Crippen LogP contribution in [0.25, 0.3) is 10.9 Å². The number of ether oxygens (including phenoxy) is 4. The number of hydrogen-bond acceptors (Lipinski definition) is 7. The summed E-state index contributed by atoms with van der Waals surface area (Å²) >= 11 is 0. The van der Waals surface area contributed by atoms with Gasteiger partial charge in [0, 0.05) is 12.1 Å². The highest BCUT2D eigenvalue weighted by Crippen LogP contribution is 2.38. The van der Waals surface area contributed by atoms with Gasteiger partial charge in [-0.05, 0) is 43.1 Å². The van der Waals surface area contributed by atoms with E-state index in [4.69, 9.17) is 23.9 Å². The number of fused-ring (bicyclic) bond motifs is 2. The molecule has 1 fully saturated rings. The number of hydrogen-bond donors (Lipinski definition) is 1. The molecule has 0 unspecified atom stereocenters. The smallest absolute Gasteiger partial charge is 0.258 e. The summed E-state index contributed by atoms with van der Waals surface area (Å²) in [6.45, 7) is 2.65. The van der Waals surface area contributed by atoms with Gasteiger partial charge in [-0.2, -0.15) is 0 Å². The van der Waals surface area contributed by atoms with Crippen LogP contribution in [-0.2, 0) is 6.54 Å². The third kappa shape index (κ3) is 3.67. The number of nitrogens with zero attached hydrogens (tertiary/aromatic N) is 2. The first-order chi connectivity index (χ1) is 15.2. The highest BCUT2D eigenvalue weighted by atomic mass is 16.6. The number of nitrogens with one attached hydrogen (secondary N) is 1. The molecule has 162 valence electrons. The lowest BCUT2D eigenvalue weighted by Gasteiger charge is -2.26. The summed E-state index contributed by atoms with van der Waals surface area (Å²) in [5, 5.41) is 0.478. The van der Waals surface area contributed by atoms with E-state index < -0.39 is 0 Å². The summed E-state index contributed by atoms with van der Waals surface area (Å²) in [4.78, 5) is 22.7. The van der Waals surface area contributed by atoms with E-state index in [-0.39, 0.29) is 11.6 Å². The van der Waals surface area contributed by atoms with Crippen LogP contribution in [0.2, 0.25) is 0 Å². The van der Waals surface area contributed by atoms with Gasteiger partial charge in [0.15, 0.2) is 23.0 Å². The molecular weight excluding hydrogens is 398 g/mol. The van der Waals surface area contributed by atoms with Gasteiger partial charge in [0.2, 0.25) is 0 Å². The fraction of sp³-hybridized carbons (Fsp3) is 0.391. The average Bonchev–Trinajstić information content (AvgIpc) is 3.26. The summed E-state index contributed by atoms with van der Waals surface area (Å²) in [5.41, 5.74) is 1.60. The normalized spacial score (nSPS) is 18.3. The van der Waals surface area contributed by atoms with Crippen LogP contribution < -0.4 is 24.5 Å². The van der Waals surface area contributed by atoms with E-state index in [9.17, 15) is 4.79 Å². The van der Waals surface area contributed by atoms with Crippen LogP contribution >= 0.6 is 0 Å². The molecule has 8 heteroatoms. The Morgan fingerprint density at radius 2 is 1.87 bits per heavy atom. The summed E-state index contributed by atoms with van der Waals surface area (Å²) in [5.74, 6) is 3.29. The van der Waals surface area contributed by atoms with E-state index in [1.165, 1.54) is 5.56 Å². The van der Waals surface area contributed by atoms with Crippen LogP contribution in [0.1, 0.15) is 30.3 Å². The SMILES string of the molecule is COc1cc2nc(CN3CCC[C@H]3c3ccc4c(c3)OCCO4)[nH]c(=O)c2cc1OC. The molecule has 0 aliphatic carbocycles. The molecule has 5 rings (SSSR count). The maximum Gasteiger partial charge on any atom is 0.258 e. The fourth-order valence-electron chi connectivity index (χ4n) is 4.44. The Morgan fingerprint density at radius 1 is 1.10 bits per heavy atom. The summed E-state index contributed by atoms with van der Waals surface area (Å²) in [6.07, 6.45) is 2.13. The van der Waals surface area contributed by atoms with Crippen molar-refractivity contribution in [3.8, 4) is 23.0 Å². The zero-order valence-corrected chi connectivity index (χ0v) is 17.6. The van der Waals surface area contributed by atoms with Crippen molar-refractivity contribution in [3.05, 3.63) is 52.1 Å². The van der Waals surface area contributed by atoms with Gasteiger partial charge in [-0.15, -0.1) is 0 Å². The Balaban J connectivity index is 1.44. The third-order valence-electron chi connectivity index (χ3n) is 5.93. The van der Waals surface area contributed by atoms with Crippen LogP contribution in [-0.4, -0.2) is 48.8 Å². The highest BCUT2D eigenvalue weighted by molar-refractivity contribution is 5.81. The molecule has 8 nitrogen and oxygen atoms in total. The van der Waals surface area contributed by atoms with Crippen molar-refractivity contribution >= 4 is 10.9 Å². The summed E-state index contributed by atoms with van der Waals surface area (Å²) in [7, 11) is 3.12. The maximum atomic E-state index is 12.7. The van der Waals surface area contributed by atoms with Gasteiger partial charge in [-0.25, -0.2) is 4.98 Å². The first kappa shape index (κ1) is 19.7. The Hall–Kier alpha value is -3.26. The topological polar surface area (TPSA) is 85.9 Å². The number of methoxy groups -OCH3 is 2. The minimum Gasteiger partial charge on any atom is -0.493 e. The molecule has 31 heavy (non-hydrogen) atoms. The maximum absolute atomic E-state index is 12.7. The van der Waals surface area contributed by atoms with E-state index in [0.717, 1.165) is 30.9 Å². The second kappa shape index (κ2) is 8.11. The molecule has 3 aromatic rings. The first-order valence-corrected chi connectivity index (χ1v) is 10.4. The van der Waals surface area contributed by atoms with Crippen LogP contribution in [0.5, 0.6) is 23.0 Å². The lowest BCUT2D eigenvalue weighted by molar-refractivity contribution is 0.170. The zero-order valence-electron chi connectivity index (χ0n) is 17.6. The lowest BCUT2D eigenvalue weighted by Crippen LogP contribution is -2.26. The van der Waals surface area contributed by atoms with Gasteiger partial charge in [0.05, 0.1) is 31.7 Å². The molecule has 0 amide bonds. The van der Waals surface area contributed by atoms with Gasteiger partial charge in [-0.3, -0.25) is 9.69 Å².